The number of ether oxygens (including phenoxy) is 1. The number of rotatable bonds is 5. The van der Waals surface area contributed by atoms with Crippen LogP contribution in [0.25, 0.3) is 33.5 Å². The predicted molar refractivity (Wildman–Crippen MR) is 127 cm³/mol. The van der Waals surface area contributed by atoms with Crippen LogP contribution in [-0.2, 0) is 0 Å². The second-order valence-electron chi connectivity index (χ2n) is 7.90. The summed E-state index contributed by atoms with van der Waals surface area (Å²) in [6.07, 6.45) is 1.31. The van der Waals surface area contributed by atoms with E-state index >= 15 is 0 Å². The number of nitrogens with one attached hydrogen (secondary N) is 1. The molecule has 0 fully saturated rings. The Morgan fingerprint density at radius 3 is 2.39 bits per heavy atom. The van der Waals surface area contributed by atoms with E-state index in [1.54, 1.807) is 6.92 Å². The third kappa shape index (κ3) is 4.06. The maximum atomic E-state index is 14.9. The summed E-state index contributed by atoms with van der Waals surface area (Å²) in [6, 6.07) is 11.3. The molecule has 1 amide bonds. The van der Waals surface area contributed by atoms with E-state index in [-0.39, 0.29) is 50.8 Å². The van der Waals surface area contributed by atoms with Gasteiger partial charge in [-0.15, -0.1) is 0 Å². The number of hydrogen-bond acceptors (Lipinski definition) is 6. The fraction of sp³-hybridized carbons (Fsp3) is 0.0400. The Hall–Kier alpha value is -4.93. The average Bonchev–Trinajstić information content (AvgIpc) is 3.28. The van der Waals surface area contributed by atoms with Gasteiger partial charge in [0, 0.05) is 28.5 Å². The highest BCUT2D eigenvalue weighted by atomic mass is 19.2. The van der Waals surface area contributed by atoms with Crippen LogP contribution in [0.3, 0.4) is 0 Å². The summed E-state index contributed by atoms with van der Waals surface area (Å²) < 4.78 is 50.1. The van der Waals surface area contributed by atoms with Gasteiger partial charge in [-0.2, -0.15) is 0 Å². The molecule has 2 aromatic heterocycles. The fourth-order valence-corrected chi connectivity index (χ4v) is 3.72. The number of nitrogens with two attached hydrogens (primary N) is 2. The largest absolute Gasteiger partial charge is 0.454 e. The minimum absolute atomic E-state index is 0.0131. The highest BCUT2D eigenvalue weighted by Gasteiger charge is 2.21. The van der Waals surface area contributed by atoms with Crippen molar-refractivity contribution in [1.29, 1.82) is 0 Å². The molecule has 8 nitrogen and oxygen atoms in total. The zero-order chi connectivity index (χ0) is 25.6. The molecule has 0 unspecified atom stereocenters. The van der Waals surface area contributed by atoms with Crippen LogP contribution in [0.1, 0.15) is 16.1 Å². The number of hydrogen-bond donors (Lipinski definition) is 3. The first-order valence-corrected chi connectivity index (χ1v) is 10.6. The molecule has 0 atom stereocenters. The summed E-state index contributed by atoms with van der Waals surface area (Å²) in [7, 11) is 0. The highest BCUT2D eigenvalue weighted by molar-refractivity contribution is 5.92. The number of amides is 1. The summed E-state index contributed by atoms with van der Waals surface area (Å²) in [5.41, 5.74) is 11.9. The lowest BCUT2D eigenvalue weighted by molar-refractivity contribution is 0.1000. The van der Waals surface area contributed by atoms with Crippen LogP contribution in [-0.4, -0.2) is 25.8 Å². The Balaban J connectivity index is 1.48. The van der Waals surface area contributed by atoms with Crippen LogP contribution in [0.5, 0.6) is 11.5 Å². The zero-order valence-electron chi connectivity index (χ0n) is 18.6. The van der Waals surface area contributed by atoms with Gasteiger partial charge in [0.1, 0.15) is 17.1 Å². The first kappa shape index (κ1) is 22.8. The van der Waals surface area contributed by atoms with Gasteiger partial charge in [-0.1, -0.05) is 0 Å². The standard InChI is InChI=1S/C25H17F3N6O2/c1-11-16(10-31-25(30)32-11)15-9-18-22(21(28)20(15)27)34-24(33-18)13-4-7-19(17(26)8-13)36-14-5-2-12(3-6-14)23(29)35/h2-10H,1H3,(H2,29,35)(H,33,34)(H2,30,31,32). The Morgan fingerprint density at radius 1 is 0.972 bits per heavy atom. The predicted octanol–water partition coefficient (Wildman–Crippen LogP) is 4.89. The number of aryl methyl sites for hydroxylation is 1. The number of carbonyl (C=O) groups excluding carboxylic acids is 1. The molecule has 2 heterocycles. The number of carbonyl (C=O) groups is 1. The molecule has 5 aromatic rings. The molecule has 3 aromatic carbocycles. The molecule has 11 heteroatoms. The van der Waals surface area contributed by atoms with Crippen LogP contribution >= 0.6 is 0 Å². The molecule has 0 spiro atoms. The molecule has 180 valence electrons. The summed E-state index contributed by atoms with van der Waals surface area (Å²) in [5.74, 6) is -3.24. The summed E-state index contributed by atoms with van der Waals surface area (Å²) in [6.45, 7) is 1.60. The lowest BCUT2D eigenvalue weighted by Crippen LogP contribution is -2.10. The molecule has 0 bridgehead atoms. The molecule has 0 aliphatic carbocycles. The molecule has 0 radical (unpaired) electrons. The molecular weight excluding hydrogens is 473 g/mol. The number of H-pyrrole nitrogens is 1. The van der Waals surface area contributed by atoms with Crippen molar-refractivity contribution in [3.05, 3.63) is 83.4 Å². The van der Waals surface area contributed by atoms with Crippen molar-refractivity contribution in [3.8, 4) is 34.0 Å². The third-order valence-electron chi connectivity index (χ3n) is 5.52. The van der Waals surface area contributed by atoms with Crippen molar-refractivity contribution in [1.82, 2.24) is 19.9 Å². The second-order valence-corrected chi connectivity index (χ2v) is 7.90. The van der Waals surface area contributed by atoms with Crippen LogP contribution in [0.4, 0.5) is 19.1 Å². The number of imidazole rings is 1. The molecule has 0 saturated carbocycles. The van der Waals surface area contributed by atoms with E-state index < -0.39 is 23.4 Å². The van der Waals surface area contributed by atoms with Gasteiger partial charge in [0.25, 0.3) is 0 Å². The number of halogens is 3. The van der Waals surface area contributed by atoms with Gasteiger partial charge in [0.05, 0.1) is 11.2 Å². The average molecular weight is 490 g/mol. The molecule has 0 aliphatic heterocycles. The lowest BCUT2D eigenvalue weighted by Gasteiger charge is -2.08. The van der Waals surface area contributed by atoms with Gasteiger partial charge in [0.2, 0.25) is 11.9 Å². The first-order chi connectivity index (χ1) is 17.2. The van der Waals surface area contributed by atoms with E-state index in [9.17, 15) is 18.0 Å². The minimum Gasteiger partial charge on any atom is -0.454 e. The lowest BCUT2D eigenvalue weighted by atomic mass is 10.0. The maximum Gasteiger partial charge on any atom is 0.248 e. The van der Waals surface area contributed by atoms with E-state index in [0.29, 0.717) is 11.4 Å². The monoisotopic (exact) mass is 490 g/mol. The van der Waals surface area contributed by atoms with Crippen molar-refractivity contribution < 1.29 is 22.7 Å². The van der Waals surface area contributed by atoms with Crippen molar-refractivity contribution in [2.75, 3.05) is 5.73 Å². The number of benzene rings is 3. The molecule has 36 heavy (non-hydrogen) atoms. The SMILES string of the molecule is Cc1nc(N)ncc1-c1cc2[nH]c(-c3ccc(Oc4ccc(C(N)=O)cc4)c(F)c3)nc2c(F)c1F. The summed E-state index contributed by atoms with van der Waals surface area (Å²) in [4.78, 5) is 26.0. The number of primary amides is 1. The number of aromatic nitrogens is 4. The Morgan fingerprint density at radius 2 is 1.72 bits per heavy atom. The quantitative estimate of drug-likeness (QED) is 0.321. The summed E-state index contributed by atoms with van der Waals surface area (Å²) in [5, 5.41) is 0. The molecule has 0 saturated heterocycles. The van der Waals surface area contributed by atoms with Crippen LogP contribution in [0, 0.1) is 24.4 Å². The van der Waals surface area contributed by atoms with Crippen molar-refractivity contribution in [2.45, 2.75) is 6.92 Å². The minimum atomic E-state index is -1.17. The van der Waals surface area contributed by atoms with Gasteiger partial charge >= 0.3 is 0 Å². The van der Waals surface area contributed by atoms with E-state index in [0.717, 1.165) is 6.07 Å². The fourth-order valence-electron chi connectivity index (χ4n) is 3.72. The van der Waals surface area contributed by atoms with Gasteiger partial charge in [-0.25, -0.2) is 28.1 Å². The Kier molecular flexibility index (Phi) is 5.51. The van der Waals surface area contributed by atoms with Crippen LogP contribution in [0.2, 0.25) is 0 Å². The number of anilines is 1. The van der Waals surface area contributed by atoms with Crippen molar-refractivity contribution in [2.24, 2.45) is 5.73 Å². The highest BCUT2D eigenvalue weighted by Crippen LogP contribution is 2.34. The maximum absolute atomic E-state index is 14.9. The molecular formula is C25H17F3N6O2. The normalized spacial score (nSPS) is 11.1. The third-order valence-corrected chi connectivity index (χ3v) is 5.52. The van der Waals surface area contributed by atoms with Gasteiger partial charge < -0.3 is 21.2 Å². The summed E-state index contributed by atoms with van der Waals surface area (Å²) >= 11 is 0. The van der Waals surface area contributed by atoms with E-state index in [1.807, 2.05) is 0 Å². The van der Waals surface area contributed by atoms with Gasteiger partial charge in [0.15, 0.2) is 23.2 Å². The molecule has 5 N–H and O–H groups in total. The van der Waals surface area contributed by atoms with E-state index in [1.165, 1.54) is 48.7 Å². The van der Waals surface area contributed by atoms with Crippen molar-refractivity contribution >= 4 is 22.9 Å². The molecule has 0 aliphatic rings. The Labute approximate surface area is 201 Å². The van der Waals surface area contributed by atoms with Crippen LogP contribution in [0.15, 0.2) is 54.7 Å². The van der Waals surface area contributed by atoms with E-state index in [2.05, 4.69) is 19.9 Å². The van der Waals surface area contributed by atoms with Gasteiger partial charge in [-0.05, 0) is 55.5 Å². The van der Waals surface area contributed by atoms with Gasteiger partial charge in [-0.3, -0.25) is 4.79 Å². The smallest absolute Gasteiger partial charge is 0.248 e. The number of nitrogen functional groups attached to an aromatic ring is 1. The zero-order valence-corrected chi connectivity index (χ0v) is 18.6. The Bertz CT molecular complexity index is 1650. The number of nitrogens with zero attached hydrogens (tertiary/aromatic N) is 3. The van der Waals surface area contributed by atoms with Crippen LogP contribution < -0.4 is 16.2 Å². The molecule has 5 rings (SSSR count). The number of fused-ring (bicyclic) bond motifs is 1. The topological polar surface area (TPSA) is 133 Å². The second kappa shape index (κ2) is 8.69. The first-order valence-electron chi connectivity index (χ1n) is 10.6. The number of aromatic amines is 1. The van der Waals surface area contributed by atoms with E-state index in [4.69, 9.17) is 16.2 Å². The van der Waals surface area contributed by atoms with Crippen molar-refractivity contribution in [3.63, 3.8) is 0 Å².